The van der Waals surface area contributed by atoms with Crippen LogP contribution < -0.4 is 0 Å². The van der Waals surface area contributed by atoms with Crippen LogP contribution in [0.2, 0.25) is 0 Å². The molecule has 0 radical (unpaired) electrons. The Morgan fingerprint density at radius 3 is 2.60 bits per heavy atom. The normalized spacial score (nSPS) is 28.8. The van der Waals surface area contributed by atoms with Gasteiger partial charge in [0.2, 0.25) is 5.91 Å². The quantitative estimate of drug-likeness (QED) is 0.769. The number of rotatable bonds is 5. The van der Waals surface area contributed by atoms with E-state index >= 15 is 0 Å². The Kier molecular flexibility index (Phi) is 4.61. The topological polar surface area (TPSA) is 32.8 Å². The van der Waals surface area contributed by atoms with Gasteiger partial charge >= 0.3 is 0 Å². The van der Waals surface area contributed by atoms with Crippen molar-refractivity contribution in [3.8, 4) is 0 Å². The van der Waals surface area contributed by atoms with Gasteiger partial charge in [0.05, 0.1) is 12.7 Å². The number of carbonyl (C=O) groups excluding carboxylic acids is 1. The summed E-state index contributed by atoms with van der Waals surface area (Å²) in [5, 5.41) is 0. The standard InChI is InChI=1S/C16H28N2O2/c1-17-8-9-20-15(11-17)12-18(10-13-6-7-13)16(19)14-4-2-3-5-14/h13-15H,2-12H2,1H3/t15-/m0/s1. The minimum absolute atomic E-state index is 0.206. The molecular weight excluding hydrogens is 252 g/mol. The molecule has 0 aromatic carbocycles. The Morgan fingerprint density at radius 1 is 1.20 bits per heavy atom. The van der Waals surface area contributed by atoms with Crippen LogP contribution >= 0.6 is 0 Å². The Labute approximate surface area is 122 Å². The van der Waals surface area contributed by atoms with Gasteiger partial charge in [-0.15, -0.1) is 0 Å². The van der Waals surface area contributed by atoms with Gasteiger partial charge in [0.1, 0.15) is 0 Å². The van der Waals surface area contributed by atoms with E-state index in [9.17, 15) is 4.79 Å². The summed E-state index contributed by atoms with van der Waals surface area (Å²) in [6, 6.07) is 0. The van der Waals surface area contributed by atoms with E-state index in [1.54, 1.807) is 0 Å². The molecule has 1 atom stereocenters. The molecule has 0 aromatic rings. The first-order valence-corrected chi connectivity index (χ1v) is 8.31. The van der Waals surface area contributed by atoms with Crippen molar-refractivity contribution < 1.29 is 9.53 Å². The molecule has 0 spiro atoms. The molecule has 0 aromatic heterocycles. The van der Waals surface area contributed by atoms with Crippen LogP contribution in [-0.4, -0.2) is 61.6 Å². The molecule has 3 fully saturated rings. The summed E-state index contributed by atoms with van der Waals surface area (Å²) in [7, 11) is 2.14. The van der Waals surface area contributed by atoms with Crippen LogP contribution in [0.5, 0.6) is 0 Å². The van der Waals surface area contributed by atoms with Crippen molar-refractivity contribution in [1.82, 2.24) is 9.80 Å². The Hall–Kier alpha value is -0.610. The van der Waals surface area contributed by atoms with Crippen LogP contribution in [-0.2, 0) is 9.53 Å². The molecule has 20 heavy (non-hydrogen) atoms. The average Bonchev–Trinajstić information content (AvgIpc) is 3.08. The molecule has 1 heterocycles. The van der Waals surface area contributed by atoms with E-state index in [0.29, 0.717) is 11.8 Å². The number of hydrogen-bond acceptors (Lipinski definition) is 3. The minimum Gasteiger partial charge on any atom is -0.374 e. The Bertz CT molecular complexity index is 337. The van der Waals surface area contributed by atoms with E-state index in [4.69, 9.17) is 4.74 Å². The maximum atomic E-state index is 12.7. The fourth-order valence-electron chi connectivity index (χ4n) is 3.52. The second-order valence-corrected chi connectivity index (χ2v) is 6.92. The molecule has 1 saturated heterocycles. The molecule has 1 aliphatic heterocycles. The molecule has 0 N–H and O–H groups in total. The van der Waals surface area contributed by atoms with E-state index in [1.165, 1.54) is 25.7 Å². The highest BCUT2D eigenvalue weighted by Crippen LogP contribution is 2.32. The summed E-state index contributed by atoms with van der Waals surface area (Å²) in [6.07, 6.45) is 7.49. The molecule has 0 bridgehead atoms. The number of hydrogen-bond donors (Lipinski definition) is 0. The number of nitrogens with zero attached hydrogens (tertiary/aromatic N) is 2. The average molecular weight is 280 g/mol. The van der Waals surface area contributed by atoms with Crippen molar-refractivity contribution in [2.24, 2.45) is 11.8 Å². The molecule has 2 saturated carbocycles. The summed E-state index contributed by atoms with van der Waals surface area (Å²) in [5.74, 6) is 1.47. The number of morpholine rings is 1. The monoisotopic (exact) mass is 280 g/mol. The van der Waals surface area contributed by atoms with Crippen LogP contribution in [0.25, 0.3) is 0 Å². The van der Waals surface area contributed by atoms with Crippen LogP contribution in [0.15, 0.2) is 0 Å². The van der Waals surface area contributed by atoms with Crippen LogP contribution in [0, 0.1) is 11.8 Å². The Balaban J connectivity index is 1.57. The van der Waals surface area contributed by atoms with Gasteiger partial charge in [0.15, 0.2) is 0 Å². The second kappa shape index (κ2) is 6.44. The van der Waals surface area contributed by atoms with Crippen molar-refractivity contribution in [3.63, 3.8) is 0 Å². The van der Waals surface area contributed by atoms with Crippen LogP contribution in [0.1, 0.15) is 38.5 Å². The first-order valence-electron chi connectivity index (χ1n) is 8.31. The van der Waals surface area contributed by atoms with E-state index in [2.05, 4.69) is 16.8 Å². The summed E-state index contributed by atoms with van der Waals surface area (Å²) in [4.78, 5) is 17.2. The summed E-state index contributed by atoms with van der Waals surface area (Å²) in [5.41, 5.74) is 0. The van der Waals surface area contributed by atoms with Crippen molar-refractivity contribution in [3.05, 3.63) is 0 Å². The van der Waals surface area contributed by atoms with E-state index in [1.807, 2.05) is 0 Å². The molecule has 1 amide bonds. The van der Waals surface area contributed by atoms with Gasteiger partial charge in [-0.2, -0.15) is 0 Å². The molecular formula is C16H28N2O2. The lowest BCUT2D eigenvalue weighted by Crippen LogP contribution is -2.49. The van der Waals surface area contributed by atoms with Gasteiger partial charge in [-0.05, 0) is 38.6 Å². The number of ether oxygens (including phenoxy) is 1. The third-order valence-electron chi connectivity index (χ3n) is 4.96. The zero-order chi connectivity index (χ0) is 13.9. The first kappa shape index (κ1) is 14.3. The zero-order valence-corrected chi connectivity index (χ0v) is 12.7. The predicted molar refractivity (Wildman–Crippen MR) is 78.5 cm³/mol. The fourth-order valence-corrected chi connectivity index (χ4v) is 3.52. The lowest BCUT2D eigenvalue weighted by atomic mass is 10.1. The summed E-state index contributed by atoms with van der Waals surface area (Å²) >= 11 is 0. The van der Waals surface area contributed by atoms with Gasteiger partial charge in [0, 0.05) is 32.1 Å². The van der Waals surface area contributed by atoms with Crippen molar-refractivity contribution in [2.45, 2.75) is 44.6 Å². The van der Waals surface area contributed by atoms with Crippen molar-refractivity contribution in [1.29, 1.82) is 0 Å². The highest BCUT2D eigenvalue weighted by molar-refractivity contribution is 5.79. The Morgan fingerprint density at radius 2 is 1.95 bits per heavy atom. The van der Waals surface area contributed by atoms with Gasteiger partial charge in [-0.3, -0.25) is 4.79 Å². The zero-order valence-electron chi connectivity index (χ0n) is 12.7. The third kappa shape index (κ3) is 3.73. The highest BCUT2D eigenvalue weighted by Gasteiger charge is 2.33. The number of likely N-dealkylation sites (N-methyl/N-ethyl adjacent to an activating group) is 1. The summed E-state index contributed by atoms with van der Waals surface area (Å²) < 4.78 is 5.86. The maximum Gasteiger partial charge on any atom is 0.225 e. The maximum absolute atomic E-state index is 12.7. The van der Waals surface area contributed by atoms with Crippen LogP contribution in [0.4, 0.5) is 0 Å². The van der Waals surface area contributed by atoms with E-state index in [0.717, 1.165) is 51.5 Å². The molecule has 4 heteroatoms. The van der Waals surface area contributed by atoms with Crippen molar-refractivity contribution >= 4 is 5.91 Å². The lowest BCUT2D eigenvalue weighted by Gasteiger charge is -2.35. The van der Waals surface area contributed by atoms with Crippen molar-refractivity contribution in [2.75, 3.05) is 39.8 Å². The second-order valence-electron chi connectivity index (χ2n) is 6.92. The summed E-state index contributed by atoms with van der Waals surface area (Å²) in [6.45, 7) is 4.54. The highest BCUT2D eigenvalue weighted by atomic mass is 16.5. The van der Waals surface area contributed by atoms with E-state index < -0.39 is 0 Å². The molecule has 2 aliphatic carbocycles. The largest absolute Gasteiger partial charge is 0.374 e. The third-order valence-corrected chi connectivity index (χ3v) is 4.96. The van der Waals surface area contributed by atoms with E-state index in [-0.39, 0.29) is 6.10 Å². The lowest BCUT2D eigenvalue weighted by molar-refractivity contribution is -0.139. The molecule has 0 unspecified atom stereocenters. The molecule has 4 nitrogen and oxygen atoms in total. The van der Waals surface area contributed by atoms with Gasteiger partial charge in [-0.25, -0.2) is 0 Å². The molecule has 3 rings (SSSR count). The van der Waals surface area contributed by atoms with Gasteiger partial charge in [-0.1, -0.05) is 12.8 Å². The minimum atomic E-state index is 0.206. The van der Waals surface area contributed by atoms with Gasteiger partial charge < -0.3 is 14.5 Å². The fraction of sp³-hybridized carbons (Fsp3) is 0.938. The number of amides is 1. The SMILES string of the molecule is CN1CCO[C@H](CN(CC2CC2)C(=O)C2CCCC2)C1. The van der Waals surface area contributed by atoms with Gasteiger partial charge in [0.25, 0.3) is 0 Å². The molecule has 114 valence electrons. The predicted octanol–water partition coefficient (Wildman–Crippen LogP) is 1.75. The molecule has 3 aliphatic rings. The first-order chi connectivity index (χ1) is 9.72. The smallest absolute Gasteiger partial charge is 0.225 e. The number of carbonyl (C=O) groups is 1. The van der Waals surface area contributed by atoms with Crippen LogP contribution in [0.3, 0.4) is 0 Å².